The quantitative estimate of drug-likeness (QED) is 0.310. The van der Waals surface area contributed by atoms with E-state index in [1.54, 1.807) is 0 Å². The molecular weight excluding hydrogens is 278 g/mol. The Morgan fingerprint density at radius 1 is 0.652 bits per heavy atom. The molecule has 140 valence electrons. The molecule has 23 heavy (non-hydrogen) atoms. The number of nitrogens with zero attached hydrogens (tertiary/aromatic N) is 1. The van der Waals surface area contributed by atoms with Gasteiger partial charge in [0.05, 0.1) is 0 Å². The molecule has 0 N–H and O–H groups in total. The summed E-state index contributed by atoms with van der Waals surface area (Å²) < 4.78 is 0. The van der Waals surface area contributed by atoms with Crippen LogP contribution in [0.4, 0.5) is 0 Å². The van der Waals surface area contributed by atoms with Crippen molar-refractivity contribution >= 4 is 0 Å². The Balaban J connectivity index is 3.88. The van der Waals surface area contributed by atoms with E-state index < -0.39 is 0 Å². The van der Waals surface area contributed by atoms with Gasteiger partial charge in [-0.3, -0.25) is 0 Å². The predicted molar refractivity (Wildman–Crippen MR) is 107 cm³/mol. The number of rotatable bonds is 14. The van der Waals surface area contributed by atoms with Crippen molar-refractivity contribution in [1.29, 1.82) is 0 Å². The molecule has 1 heteroatoms. The first-order chi connectivity index (χ1) is 10.8. The van der Waals surface area contributed by atoms with Crippen LogP contribution in [0.25, 0.3) is 0 Å². The minimum absolute atomic E-state index is 0.532. The maximum Gasteiger partial charge on any atom is -0.00219 e. The van der Waals surface area contributed by atoms with Gasteiger partial charge in [0.25, 0.3) is 0 Å². The molecule has 0 saturated carbocycles. The highest BCUT2D eigenvalue weighted by atomic mass is 15.1. The van der Waals surface area contributed by atoms with Crippen molar-refractivity contribution in [1.82, 2.24) is 4.90 Å². The summed E-state index contributed by atoms with van der Waals surface area (Å²) in [7, 11) is 2.23. The second-order valence-corrected chi connectivity index (χ2v) is 8.70. The largest absolute Gasteiger partial charge is 0.307 e. The number of unbranched alkanes of at least 4 members (excludes halogenated alkanes) is 6. The van der Waals surface area contributed by atoms with Gasteiger partial charge in [-0.25, -0.2) is 0 Å². The van der Waals surface area contributed by atoms with E-state index in [4.69, 9.17) is 0 Å². The molecule has 0 heterocycles. The lowest BCUT2D eigenvalue weighted by atomic mass is 9.60. The first kappa shape index (κ1) is 23.0. The van der Waals surface area contributed by atoms with Crippen molar-refractivity contribution in [3.05, 3.63) is 0 Å². The lowest BCUT2D eigenvalue weighted by Gasteiger charge is -2.45. The minimum atomic E-state index is 0.532. The average Bonchev–Trinajstić information content (AvgIpc) is 2.47. The third kappa shape index (κ3) is 8.05. The van der Waals surface area contributed by atoms with Crippen molar-refractivity contribution in [2.45, 2.75) is 99.8 Å². The summed E-state index contributed by atoms with van der Waals surface area (Å²) in [4.78, 5) is 2.42. The van der Waals surface area contributed by atoms with E-state index in [2.05, 4.69) is 60.4 Å². The lowest BCUT2D eigenvalue weighted by molar-refractivity contribution is 0.0356. The third-order valence-electron chi connectivity index (χ3n) is 6.41. The van der Waals surface area contributed by atoms with Crippen LogP contribution < -0.4 is 0 Å². The highest BCUT2D eigenvalue weighted by Gasteiger charge is 2.39. The first-order valence-corrected chi connectivity index (χ1v) is 10.5. The van der Waals surface area contributed by atoms with E-state index in [-0.39, 0.29) is 0 Å². The van der Waals surface area contributed by atoms with Gasteiger partial charge in [0.2, 0.25) is 0 Å². The third-order valence-corrected chi connectivity index (χ3v) is 6.41. The molecule has 0 aromatic carbocycles. The van der Waals surface area contributed by atoms with E-state index in [1.807, 2.05) is 0 Å². The molecule has 0 rings (SSSR count). The molecule has 0 amide bonds. The van der Waals surface area contributed by atoms with Gasteiger partial charge in [0.15, 0.2) is 0 Å². The summed E-state index contributed by atoms with van der Waals surface area (Å²) >= 11 is 0. The van der Waals surface area contributed by atoms with Crippen LogP contribution in [-0.2, 0) is 0 Å². The molecule has 0 atom stereocenters. The van der Waals surface area contributed by atoms with Crippen LogP contribution in [0.1, 0.15) is 99.8 Å². The van der Waals surface area contributed by atoms with Gasteiger partial charge >= 0.3 is 0 Å². The Morgan fingerprint density at radius 3 is 1.43 bits per heavy atom. The molecular formula is C22H47N. The lowest BCUT2D eigenvalue weighted by Crippen LogP contribution is -2.38. The molecule has 0 aromatic rings. The van der Waals surface area contributed by atoms with Crippen molar-refractivity contribution < 1.29 is 0 Å². The molecule has 1 nitrogen and oxygen atoms in total. The summed E-state index contributed by atoms with van der Waals surface area (Å²) in [6, 6.07) is 0. The van der Waals surface area contributed by atoms with Crippen LogP contribution in [0, 0.1) is 23.2 Å². The SMILES string of the molecule is CCN(C)CCCCCCCCCC(C(C)C)(C(C)C)C(C)C. The summed E-state index contributed by atoms with van der Waals surface area (Å²) in [6.45, 7) is 19.3. The minimum Gasteiger partial charge on any atom is -0.307 e. The van der Waals surface area contributed by atoms with Crippen LogP contribution >= 0.6 is 0 Å². The van der Waals surface area contributed by atoms with Crippen LogP contribution in [0.5, 0.6) is 0 Å². The zero-order valence-corrected chi connectivity index (χ0v) is 17.8. The molecule has 0 bridgehead atoms. The van der Waals surface area contributed by atoms with Gasteiger partial charge < -0.3 is 4.90 Å². The molecule has 0 spiro atoms. The topological polar surface area (TPSA) is 3.24 Å². The second kappa shape index (κ2) is 12.3. The molecule has 0 saturated heterocycles. The molecule has 0 aliphatic rings. The molecule has 0 fully saturated rings. The maximum absolute atomic E-state index is 2.44. The Bertz CT molecular complexity index is 245. The van der Waals surface area contributed by atoms with Gasteiger partial charge in [-0.15, -0.1) is 0 Å². The highest BCUT2D eigenvalue weighted by molar-refractivity contribution is 4.88. The van der Waals surface area contributed by atoms with Crippen LogP contribution in [0.15, 0.2) is 0 Å². The summed E-state index contributed by atoms with van der Waals surface area (Å²) in [5, 5.41) is 0. The Labute approximate surface area is 148 Å². The van der Waals surface area contributed by atoms with E-state index >= 15 is 0 Å². The van der Waals surface area contributed by atoms with Gasteiger partial charge in [-0.05, 0) is 56.1 Å². The van der Waals surface area contributed by atoms with Gasteiger partial charge in [-0.2, -0.15) is 0 Å². The van der Waals surface area contributed by atoms with Crippen LogP contribution in [0.2, 0.25) is 0 Å². The van der Waals surface area contributed by atoms with E-state index in [1.165, 1.54) is 64.5 Å². The van der Waals surface area contributed by atoms with Crippen molar-refractivity contribution in [2.24, 2.45) is 23.2 Å². The van der Waals surface area contributed by atoms with E-state index in [0.29, 0.717) is 5.41 Å². The van der Waals surface area contributed by atoms with E-state index in [9.17, 15) is 0 Å². The highest BCUT2D eigenvalue weighted by Crippen LogP contribution is 2.47. The maximum atomic E-state index is 2.44. The summed E-state index contributed by atoms with van der Waals surface area (Å²) in [5.74, 6) is 2.37. The monoisotopic (exact) mass is 325 g/mol. The summed E-state index contributed by atoms with van der Waals surface area (Å²) in [5.41, 5.74) is 0.532. The number of hydrogen-bond acceptors (Lipinski definition) is 1. The molecule has 0 aliphatic carbocycles. The first-order valence-electron chi connectivity index (χ1n) is 10.5. The Kier molecular flexibility index (Phi) is 12.3. The van der Waals surface area contributed by atoms with Crippen LogP contribution in [-0.4, -0.2) is 25.0 Å². The Morgan fingerprint density at radius 2 is 1.04 bits per heavy atom. The average molecular weight is 326 g/mol. The van der Waals surface area contributed by atoms with Crippen molar-refractivity contribution in [3.8, 4) is 0 Å². The number of hydrogen-bond donors (Lipinski definition) is 0. The fourth-order valence-electron chi connectivity index (χ4n) is 4.72. The zero-order valence-electron chi connectivity index (χ0n) is 17.8. The smallest absolute Gasteiger partial charge is 0.00219 e. The normalized spacial score (nSPS) is 13.0. The van der Waals surface area contributed by atoms with E-state index in [0.717, 1.165) is 17.8 Å². The molecule has 0 radical (unpaired) electrons. The predicted octanol–water partition coefficient (Wildman–Crippen LogP) is 7.01. The zero-order chi connectivity index (χ0) is 17.9. The second-order valence-electron chi connectivity index (χ2n) is 8.70. The van der Waals surface area contributed by atoms with Crippen LogP contribution in [0.3, 0.4) is 0 Å². The molecule has 0 unspecified atom stereocenters. The standard InChI is InChI=1S/C22H47N/c1-9-23(8)18-16-14-12-10-11-13-15-17-22(19(2)3,20(4)5)21(6)7/h19-21H,9-18H2,1-8H3. The molecule has 0 aromatic heterocycles. The fourth-order valence-corrected chi connectivity index (χ4v) is 4.72. The fraction of sp³-hybridized carbons (Fsp3) is 1.00. The van der Waals surface area contributed by atoms with Gasteiger partial charge in [0, 0.05) is 0 Å². The Hall–Kier alpha value is -0.0400. The van der Waals surface area contributed by atoms with Gasteiger partial charge in [-0.1, -0.05) is 87.0 Å². The van der Waals surface area contributed by atoms with Gasteiger partial charge in [0.1, 0.15) is 0 Å². The summed E-state index contributed by atoms with van der Waals surface area (Å²) in [6.07, 6.45) is 11.4. The molecule has 0 aliphatic heterocycles. The van der Waals surface area contributed by atoms with Crippen molar-refractivity contribution in [3.63, 3.8) is 0 Å². The van der Waals surface area contributed by atoms with Crippen molar-refractivity contribution in [2.75, 3.05) is 20.1 Å².